The second-order valence-electron chi connectivity index (χ2n) is 7.71. The number of anilines is 1. The molecule has 2 N–H and O–H groups in total. The second-order valence-corrected chi connectivity index (χ2v) is 7.71. The largest absolute Gasteiger partial charge is 0.397 e. The third-order valence-electron chi connectivity index (χ3n) is 3.72. The van der Waals surface area contributed by atoms with E-state index in [-0.39, 0.29) is 16.6 Å². The van der Waals surface area contributed by atoms with Gasteiger partial charge < -0.3 is 5.73 Å². The predicted octanol–water partition coefficient (Wildman–Crippen LogP) is 4.41. The number of nitrogens with zero attached hydrogens (tertiary/aromatic N) is 1. The average Bonchev–Trinajstić information content (AvgIpc) is 2.34. The van der Waals surface area contributed by atoms with Crippen LogP contribution in [0, 0.1) is 0 Å². The smallest absolute Gasteiger partial charge is 0.164 e. The number of rotatable bonds is 3. The number of carbonyl (C=O) groups excluding carboxylic acids is 1. The number of ketones is 1. The van der Waals surface area contributed by atoms with E-state index in [1.54, 1.807) is 0 Å². The van der Waals surface area contributed by atoms with Gasteiger partial charge >= 0.3 is 0 Å². The molecule has 0 aliphatic rings. The van der Waals surface area contributed by atoms with E-state index in [0.717, 1.165) is 28.9 Å². The van der Waals surface area contributed by atoms with E-state index >= 15 is 0 Å². The van der Waals surface area contributed by atoms with Crippen molar-refractivity contribution in [3.05, 3.63) is 22.5 Å². The van der Waals surface area contributed by atoms with Crippen molar-refractivity contribution in [2.75, 3.05) is 5.73 Å². The van der Waals surface area contributed by atoms with Gasteiger partial charge in [-0.25, -0.2) is 0 Å². The van der Waals surface area contributed by atoms with Crippen LogP contribution in [-0.4, -0.2) is 10.8 Å². The molecule has 1 aromatic rings. The third-order valence-corrected chi connectivity index (χ3v) is 3.72. The van der Waals surface area contributed by atoms with Crippen LogP contribution >= 0.6 is 0 Å². The fourth-order valence-electron chi connectivity index (χ4n) is 2.61. The normalized spacial score (nSPS) is 12.6. The van der Waals surface area contributed by atoms with Gasteiger partial charge in [0, 0.05) is 22.8 Å². The first kappa shape index (κ1) is 17.7. The van der Waals surface area contributed by atoms with E-state index in [1.807, 2.05) is 6.92 Å². The summed E-state index contributed by atoms with van der Waals surface area (Å²) in [6.45, 7) is 16.6. The van der Waals surface area contributed by atoms with E-state index in [4.69, 9.17) is 10.7 Å². The first-order valence-corrected chi connectivity index (χ1v) is 7.81. The molecule has 0 aromatic carbocycles. The molecule has 0 fully saturated rings. The third kappa shape index (κ3) is 3.45. The summed E-state index contributed by atoms with van der Waals surface area (Å²) in [5, 5.41) is 0. The van der Waals surface area contributed by atoms with Gasteiger partial charge in [-0.05, 0) is 12.0 Å². The van der Waals surface area contributed by atoms with E-state index in [0.29, 0.717) is 12.1 Å². The van der Waals surface area contributed by atoms with Crippen molar-refractivity contribution in [3.8, 4) is 0 Å². The maximum atomic E-state index is 12.5. The lowest BCUT2D eigenvalue weighted by molar-refractivity contribution is 0.0984. The summed E-state index contributed by atoms with van der Waals surface area (Å²) in [6.07, 6.45) is 1.23. The van der Waals surface area contributed by atoms with Gasteiger partial charge in [0.1, 0.15) is 0 Å². The molecular weight excluding hydrogens is 260 g/mol. The van der Waals surface area contributed by atoms with Gasteiger partial charge in [-0.1, -0.05) is 55.4 Å². The SMILES string of the molecule is CCC(=O)c1c(C(C)(C)C)nc(C(C)(C)C)c(N)c1CC. The minimum atomic E-state index is -0.183. The molecule has 1 rings (SSSR count). The average molecular weight is 290 g/mol. The molecule has 0 saturated heterocycles. The topological polar surface area (TPSA) is 56.0 Å². The number of hydrogen-bond acceptors (Lipinski definition) is 3. The van der Waals surface area contributed by atoms with Crippen LogP contribution in [0.5, 0.6) is 0 Å². The van der Waals surface area contributed by atoms with Crippen molar-refractivity contribution in [2.45, 2.75) is 79.1 Å². The molecule has 0 atom stereocenters. The predicted molar refractivity (Wildman–Crippen MR) is 90.0 cm³/mol. The Morgan fingerprint density at radius 1 is 1.00 bits per heavy atom. The molecule has 0 unspecified atom stereocenters. The summed E-state index contributed by atoms with van der Waals surface area (Å²) in [6, 6.07) is 0. The number of nitrogen functional groups attached to an aromatic ring is 1. The molecule has 0 spiro atoms. The van der Waals surface area contributed by atoms with Crippen LogP contribution in [0.25, 0.3) is 0 Å². The van der Waals surface area contributed by atoms with Crippen molar-refractivity contribution in [3.63, 3.8) is 0 Å². The van der Waals surface area contributed by atoms with Gasteiger partial charge in [0.2, 0.25) is 0 Å². The molecule has 118 valence electrons. The van der Waals surface area contributed by atoms with Crippen LogP contribution < -0.4 is 5.73 Å². The van der Waals surface area contributed by atoms with Crippen molar-refractivity contribution in [1.29, 1.82) is 0 Å². The highest BCUT2D eigenvalue weighted by molar-refractivity contribution is 6.00. The Kier molecular flexibility index (Phi) is 4.87. The number of nitrogens with two attached hydrogens (primary N) is 1. The quantitative estimate of drug-likeness (QED) is 0.839. The molecule has 0 aliphatic heterocycles. The van der Waals surface area contributed by atoms with Gasteiger partial charge in [-0.3, -0.25) is 9.78 Å². The Bertz CT molecular complexity index is 546. The fourth-order valence-corrected chi connectivity index (χ4v) is 2.61. The Morgan fingerprint density at radius 3 is 1.81 bits per heavy atom. The fraction of sp³-hybridized carbons (Fsp3) is 0.667. The summed E-state index contributed by atoms with van der Waals surface area (Å²) >= 11 is 0. The van der Waals surface area contributed by atoms with Crippen LogP contribution in [-0.2, 0) is 17.3 Å². The number of carbonyl (C=O) groups is 1. The van der Waals surface area contributed by atoms with E-state index < -0.39 is 0 Å². The van der Waals surface area contributed by atoms with Gasteiger partial charge in [0.15, 0.2) is 5.78 Å². The van der Waals surface area contributed by atoms with E-state index in [9.17, 15) is 4.79 Å². The zero-order chi connectivity index (χ0) is 16.6. The zero-order valence-corrected chi connectivity index (χ0v) is 14.8. The minimum absolute atomic E-state index is 0.136. The standard InChI is InChI=1S/C18H30N2O/c1-9-11-13(12(21)10-2)15(17(3,4)5)20-16(14(11)19)18(6,7)8/h9-10,19H2,1-8H3. The summed E-state index contributed by atoms with van der Waals surface area (Å²) in [7, 11) is 0. The highest BCUT2D eigenvalue weighted by Gasteiger charge is 2.31. The highest BCUT2D eigenvalue weighted by Crippen LogP contribution is 2.36. The Balaban J connectivity index is 3.87. The summed E-state index contributed by atoms with van der Waals surface area (Å²) < 4.78 is 0. The number of pyridine rings is 1. The molecule has 0 radical (unpaired) electrons. The first-order chi connectivity index (χ1) is 9.45. The first-order valence-electron chi connectivity index (χ1n) is 7.81. The Hall–Kier alpha value is -1.38. The van der Waals surface area contributed by atoms with Gasteiger partial charge in [0.05, 0.1) is 17.1 Å². The monoisotopic (exact) mass is 290 g/mol. The van der Waals surface area contributed by atoms with Crippen molar-refractivity contribution in [2.24, 2.45) is 0 Å². The maximum Gasteiger partial charge on any atom is 0.164 e. The molecule has 1 aromatic heterocycles. The lowest BCUT2D eigenvalue weighted by Gasteiger charge is -2.29. The van der Waals surface area contributed by atoms with Gasteiger partial charge in [-0.15, -0.1) is 0 Å². The summed E-state index contributed by atoms with van der Waals surface area (Å²) in [5.74, 6) is 0.136. The molecule has 0 amide bonds. The van der Waals surface area contributed by atoms with E-state index in [1.165, 1.54) is 0 Å². The molecule has 21 heavy (non-hydrogen) atoms. The molecular formula is C18H30N2O. The number of aromatic nitrogens is 1. The Morgan fingerprint density at radius 2 is 1.48 bits per heavy atom. The zero-order valence-electron chi connectivity index (χ0n) is 14.8. The molecule has 1 heterocycles. The van der Waals surface area contributed by atoms with Gasteiger partial charge in [-0.2, -0.15) is 0 Å². The number of hydrogen-bond donors (Lipinski definition) is 1. The van der Waals surface area contributed by atoms with Crippen LogP contribution in [0.1, 0.15) is 89.1 Å². The second kappa shape index (κ2) is 5.78. The molecule has 3 heteroatoms. The van der Waals surface area contributed by atoms with Crippen molar-refractivity contribution >= 4 is 11.5 Å². The minimum Gasteiger partial charge on any atom is -0.397 e. The van der Waals surface area contributed by atoms with Crippen LogP contribution in [0.2, 0.25) is 0 Å². The van der Waals surface area contributed by atoms with Crippen molar-refractivity contribution in [1.82, 2.24) is 4.98 Å². The summed E-state index contributed by atoms with van der Waals surface area (Å²) in [4.78, 5) is 17.3. The lowest BCUT2D eigenvalue weighted by Crippen LogP contribution is -2.27. The van der Waals surface area contributed by atoms with Crippen LogP contribution in [0.15, 0.2) is 0 Å². The Labute approximate surface area is 129 Å². The number of Topliss-reactive ketones (excluding diaryl/α,β-unsaturated/α-hetero) is 1. The van der Waals surface area contributed by atoms with Gasteiger partial charge in [0.25, 0.3) is 0 Å². The van der Waals surface area contributed by atoms with Crippen LogP contribution in [0.3, 0.4) is 0 Å². The molecule has 0 bridgehead atoms. The van der Waals surface area contributed by atoms with E-state index in [2.05, 4.69) is 48.5 Å². The summed E-state index contributed by atoms with van der Waals surface area (Å²) in [5.41, 5.74) is 10.2. The molecule has 0 aliphatic carbocycles. The molecule has 3 nitrogen and oxygen atoms in total. The van der Waals surface area contributed by atoms with Crippen molar-refractivity contribution < 1.29 is 4.79 Å². The molecule has 0 saturated carbocycles. The van der Waals surface area contributed by atoms with Crippen LogP contribution in [0.4, 0.5) is 5.69 Å². The lowest BCUT2D eigenvalue weighted by atomic mass is 9.80. The highest BCUT2D eigenvalue weighted by atomic mass is 16.1. The maximum absolute atomic E-state index is 12.5.